The van der Waals surface area contributed by atoms with Crippen LogP contribution >= 0.6 is 0 Å². The Labute approximate surface area is 151 Å². The molecular formula is C19H17FN2O3S. The number of likely N-dealkylation sites (N-methyl/N-ethyl adjacent to an activating group) is 1. The highest BCUT2D eigenvalue weighted by Gasteiger charge is 2.23. The number of carbonyl (C=O) groups excluding carboxylic acids is 1. The highest BCUT2D eigenvalue weighted by Crippen LogP contribution is 2.23. The highest BCUT2D eigenvalue weighted by molar-refractivity contribution is 7.89. The van der Waals surface area contributed by atoms with Gasteiger partial charge in [0.15, 0.2) is 0 Å². The van der Waals surface area contributed by atoms with E-state index in [1.54, 1.807) is 6.07 Å². The van der Waals surface area contributed by atoms with Crippen LogP contribution in [0.2, 0.25) is 0 Å². The Morgan fingerprint density at radius 3 is 2.38 bits per heavy atom. The summed E-state index contributed by atoms with van der Waals surface area (Å²) in [5.74, 6) is -0.991. The van der Waals surface area contributed by atoms with E-state index in [-0.39, 0.29) is 11.4 Å². The predicted molar refractivity (Wildman–Crippen MR) is 98.8 cm³/mol. The fourth-order valence-corrected chi connectivity index (χ4v) is 3.72. The molecule has 1 N–H and O–H groups in total. The fraction of sp³-hybridized carbons (Fsp3) is 0.105. The van der Waals surface area contributed by atoms with Gasteiger partial charge in [0.05, 0.1) is 11.4 Å². The Morgan fingerprint density at radius 2 is 1.65 bits per heavy atom. The van der Waals surface area contributed by atoms with Crippen molar-refractivity contribution in [1.29, 1.82) is 0 Å². The van der Waals surface area contributed by atoms with Crippen molar-refractivity contribution < 1.29 is 17.6 Å². The van der Waals surface area contributed by atoms with Crippen molar-refractivity contribution in [3.05, 3.63) is 72.5 Å². The fourth-order valence-electron chi connectivity index (χ4n) is 2.60. The molecule has 3 aromatic rings. The van der Waals surface area contributed by atoms with Gasteiger partial charge in [0.2, 0.25) is 15.9 Å². The van der Waals surface area contributed by atoms with E-state index in [4.69, 9.17) is 0 Å². The lowest BCUT2D eigenvalue weighted by Crippen LogP contribution is -2.35. The van der Waals surface area contributed by atoms with Crippen LogP contribution in [0.1, 0.15) is 0 Å². The third-order valence-electron chi connectivity index (χ3n) is 3.95. The molecule has 0 heterocycles. The van der Waals surface area contributed by atoms with Crippen LogP contribution < -0.4 is 5.32 Å². The minimum absolute atomic E-state index is 0.0700. The predicted octanol–water partition coefficient (Wildman–Crippen LogP) is 3.24. The van der Waals surface area contributed by atoms with Crippen LogP contribution in [-0.4, -0.2) is 32.2 Å². The van der Waals surface area contributed by atoms with Crippen LogP contribution in [0.25, 0.3) is 10.8 Å². The van der Waals surface area contributed by atoms with Crippen molar-refractivity contribution in [3.63, 3.8) is 0 Å². The lowest BCUT2D eigenvalue weighted by molar-refractivity contribution is -0.116. The molecule has 0 aliphatic heterocycles. The lowest BCUT2D eigenvalue weighted by Gasteiger charge is -2.17. The van der Waals surface area contributed by atoms with Gasteiger partial charge < -0.3 is 5.32 Å². The molecule has 3 rings (SSSR count). The molecule has 0 fully saturated rings. The molecule has 0 aromatic heterocycles. The Hall–Kier alpha value is -2.77. The van der Waals surface area contributed by atoms with E-state index in [0.29, 0.717) is 5.69 Å². The third kappa shape index (κ3) is 3.74. The van der Waals surface area contributed by atoms with Gasteiger partial charge in [-0.25, -0.2) is 12.8 Å². The molecule has 26 heavy (non-hydrogen) atoms. The Balaban J connectivity index is 1.76. The smallest absolute Gasteiger partial charge is 0.243 e. The van der Waals surface area contributed by atoms with Crippen LogP contribution in [0.15, 0.2) is 71.6 Å². The van der Waals surface area contributed by atoms with Crippen molar-refractivity contribution >= 4 is 32.4 Å². The summed E-state index contributed by atoms with van der Waals surface area (Å²) in [6, 6.07) is 17.5. The van der Waals surface area contributed by atoms with Crippen LogP contribution in [0.4, 0.5) is 10.1 Å². The van der Waals surface area contributed by atoms with Gasteiger partial charge in [-0.05, 0) is 35.7 Å². The van der Waals surface area contributed by atoms with Crippen molar-refractivity contribution in [2.24, 2.45) is 0 Å². The number of nitrogens with one attached hydrogen (secondary N) is 1. The van der Waals surface area contributed by atoms with E-state index < -0.39 is 21.7 Å². The zero-order valence-corrected chi connectivity index (χ0v) is 14.8. The molecule has 7 heteroatoms. The molecule has 0 radical (unpaired) electrons. The second kappa shape index (κ2) is 7.23. The molecular weight excluding hydrogens is 355 g/mol. The van der Waals surface area contributed by atoms with Crippen molar-refractivity contribution in [3.8, 4) is 0 Å². The zero-order chi connectivity index (χ0) is 18.7. The summed E-state index contributed by atoms with van der Waals surface area (Å²) in [5.41, 5.74) is 0.612. The number of benzene rings is 3. The van der Waals surface area contributed by atoms with Gasteiger partial charge in [-0.2, -0.15) is 4.31 Å². The average Bonchev–Trinajstić information content (AvgIpc) is 2.62. The maximum atomic E-state index is 13.0. The number of sulfonamides is 1. The van der Waals surface area contributed by atoms with Crippen molar-refractivity contribution in [2.75, 3.05) is 18.9 Å². The summed E-state index contributed by atoms with van der Waals surface area (Å²) >= 11 is 0. The normalized spacial score (nSPS) is 11.7. The first-order chi connectivity index (χ1) is 12.4. The van der Waals surface area contributed by atoms with E-state index in [0.717, 1.165) is 27.2 Å². The summed E-state index contributed by atoms with van der Waals surface area (Å²) in [4.78, 5) is 12.3. The maximum Gasteiger partial charge on any atom is 0.243 e. The van der Waals surface area contributed by atoms with Crippen LogP contribution in [0, 0.1) is 5.82 Å². The molecule has 5 nitrogen and oxygen atoms in total. The standard InChI is InChI=1S/C19H17FN2O3S/c1-22(26(24,25)16-11-9-15(20)10-12-16)13-19(23)21-18-8-4-6-14-5-2-3-7-17(14)18/h2-12H,13H2,1H3,(H,21,23). The van der Waals surface area contributed by atoms with Crippen LogP contribution in [-0.2, 0) is 14.8 Å². The Kier molecular flexibility index (Phi) is 5.01. The number of rotatable bonds is 5. The van der Waals surface area contributed by atoms with Gasteiger partial charge in [0.25, 0.3) is 0 Å². The number of carbonyl (C=O) groups is 1. The lowest BCUT2D eigenvalue weighted by atomic mass is 10.1. The molecule has 0 aliphatic carbocycles. The number of fused-ring (bicyclic) bond motifs is 1. The monoisotopic (exact) mass is 372 g/mol. The van der Waals surface area contributed by atoms with Crippen LogP contribution in [0.5, 0.6) is 0 Å². The average molecular weight is 372 g/mol. The quantitative estimate of drug-likeness (QED) is 0.748. The number of hydrogen-bond donors (Lipinski definition) is 1. The summed E-state index contributed by atoms with van der Waals surface area (Å²) in [5, 5.41) is 4.58. The Bertz CT molecular complexity index is 1040. The molecule has 0 saturated carbocycles. The van der Waals surface area contributed by atoms with Gasteiger partial charge in [-0.1, -0.05) is 36.4 Å². The summed E-state index contributed by atoms with van der Waals surface area (Å²) < 4.78 is 38.8. The minimum atomic E-state index is -3.88. The van der Waals surface area contributed by atoms with Crippen molar-refractivity contribution in [2.45, 2.75) is 4.90 Å². The molecule has 134 valence electrons. The molecule has 0 spiro atoms. The first-order valence-electron chi connectivity index (χ1n) is 7.87. The van der Waals surface area contributed by atoms with E-state index in [1.807, 2.05) is 36.4 Å². The summed E-state index contributed by atoms with van der Waals surface area (Å²) in [6.07, 6.45) is 0. The van der Waals surface area contributed by atoms with Gasteiger partial charge in [0, 0.05) is 18.1 Å². The topological polar surface area (TPSA) is 66.5 Å². The van der Waals surface area contributed by atoms with Crippen molar-refractivity contribution in [1.82, 2.24) is 4.31 Å². The SMILES string of the molecule is CN(CC(=O)Nc1cccc2ccccc12)S(=O)(=O)c1ccc(F)cc1. The zero-order valence-electron chi connectivity index (χ0n) is 14.0. The first-order valence-corrected chi connectivity index (χ1v) is 9.31. The number of hydrogen-bond acceptors (Lipinski definition) is 3. The second-order valence-electron chi connectivity index (χ2n) is 5.79. The second-order valence-corrected chi connectivity index (χ2v) is 7.83. The molecule has 3 aromatic carbocycles. The van der Waals surface area contributed by atoms with Gasteiger partial charge in [-0.15, -0.1) is 0 Å². The van der Waals surface area contributed by atoms with Crippen LogP contribution in [0.3, 0.4) is 0 Å². The number of anilines is 1. The van der Waals surface area contributed by atoms with E-state index in [1.165, 1.54) is 19.2 Å². The largest absolute Gasteiger partial charge is 0.324 e. The van der Waals surface area contributed by atoms with Gasteiger partial charge in [-0.3, -0.25) is 4.79 Å². The van der Waals surface area contributed by atoms with E-state index in [2.05, 4.69) is 5.32 Å². The molecule has 0 unspecified atom stereocenters. The Morgan fingerprint density at radius 1 is 1.00 bits per heavy atom. The number of halogens is 1. The molecule has 0 bridgehead atoms. The molecule has 0 aliphatic rings. The van der Waals surface area contributed by atoms with Gasteiger partial charge in [0.1, 0.15) is 5.82 Å². The molecule has 0 atom stereocenters. The third-order valence-corrected chi connectivity index (χ3v) is 5.77. The first kappa shape index (κ1) is 18.0. The number of nitrogens with zero attached hydrogens (tertiary/aromatic N) is 1. The maximum absolute atomic E-state index is 13.0. The number of amides is 1. The van der Waals surface area contributed by atoms with Gasteiger partial charge >= 0.3 is 0 Å². The highest BCUT2D eigenvalue weighted by atomic mass is 32.2. The van der Waals surface area contributed by atoms with E-state index in [9.17, 15) is 17.6 Å². The van der Waals surface area contributed by atoms with E-state index >= 15 is 0 Å². The summed E-state index contributed by atoms with van der Waals surface area (Å²) in [7, 11) is -2.57. The summed E-state index contributed by atoms with van der Waals surface area (Å²) in [6.45, 7) is -0.358. The molecule has 0 saturated heterocycles. The molecule has 1 amide bonds. The minimum Gasteiger partial charge on any atom is -0.324 e.